The quantitative estimate of drug-likeness (QED) is 0.748. The van der Waals surface area contributed by atoms with Gasteiger partial charge in [-0.05, 0) is 68.9 Å². The van der Waals surface area contributed by atoms with Crippen LogP contribution in [0.1, 0.15) is 18.4 Å². The van der Waals surface area contributed by atoms with Crippen LogP contribution in [0.2, 0.25) is 0 Å². The number of nitrogens with one attached hydrogen (secondary N) is 2. The van der Waals surface area contributed by atoms with Gasteiger partial charge in [-0.1, -0.05) is 12.1 Å². The van der Waals surface area contributed by atoms with Crippen LogP contribution in [-0.4, -0.2) is 19.5 Å². The lowest BCUT2D eigenvalue weighted by atomic mass is 10.2. The van der Waals surface area contributed by atoms with Crippen molar-refractivity contribution in [2.24, 2.45) is 0 Å². The monoisotopic (exact) mass is 334 g/mol. The summed E-state index contributed by atoms with van der Waals surface area (Å²) >= 11 is 0. The molecule has 0 fully saturated rings. The fourth-order valence-corrected chi connectivity index (χ4v) is 2.07. The van der Waals surface area contributed by atoms with E-state index in [4.69, 9.17) is 4.74 Å². The second kappa shape index (κ2) is 9.87. The molecule has 0 aliphatic heterocycles. The molecule has 0 heterocycles. The van der Waals surface area contributed by atoms with Gasteiger partial charge in [-0.2, -0.15) is 0 Å². The molecule has 2 aromatic rings. The molecule has 0 aliphatic rings. The minimum Gasteiger partial charge on any atom is -0.457 e. The standard InChI is InChI=1S/C18H22N2O2.ClH/c1-14-5-3-6-17(13-14)22-16-10-8-15(9-11-16)20-18(21)7-4-12-19-2;/h3,5-6,8-11,13,19H,4,7,12H2,1-2H3,(H,20,21);1H. The summed E-state index contributed by atoms with van der Waals surface area (Å²) in [5, 5.41) is 5.90. The summed E-state index contributed by atoms with van der Waals surface area (Å²) in [4.78, 5) is 11.7. The SMILES string of the molecule is CNCCCC(=O)Nc1ccc(Oc2cccc(C)c2)cc1.Cl. The summed E-state index contributed by atoms with van der Waals surface area (Å²) in [6.45, 7) is 2.87. The molecule has 0 spiro atoms. The third-order valence-electron chi connectivity index (χ3n) is 3.19. The van der Waals surface area contributed by atoms with E-state index in [0.717, 1.165) is 35.7 Å². The number of aryl methyl sites for hydroxylation is 1. The number of hydrogen-bond acceptors (Lipinski definition) is 3. The fraction of sp³-hybridized carbons (Fsp3) is 0.278. The number of amides is 1. The molecule has 0 aromatic heterocycles. The third kappa shape index (κ3) is 6.72. The van der Waals surface area contributed by atoms with Gasteiger partial charge in [0.15, 0.2) is 0 Å². The summed E-state index contributed by atoms with van der Waals surface area (Å²) in [7, 11) is 1.88. The van der Waals surface area contributed by atoms with Gasteiger partial charge in [0.05, 0.1) is 0 Å². The van der Waals surface area contributed by atoms with Gasteiger partial charge in [-0.3, -0.25) is 4.79 Å². The number of benzene rings is 2. The Bertz CT molecular complexity index is 615. The topological polar surface area (TPSA) is 50.4 Å². The summed E-state index contributed by atoms with van der Waals surface area (Å²) in [5.41, 5.74) is 1.94. The normalized spacial score (nSPS) is 9.83. The lowest BCUT2D eigenvalue weighted by Gasteiger charge is -2.08. The zero-order valence-electron chi connectivity index (χ0n) is 13.5. The number of anilines is 1. The number of carbonyl (C=O) groups is 1. The van der Waals surface area contributed by atoms with E-state index in [1.807, 2.05) is 62.5 Å². The van der Waals surface area contributed by atoms with Crippen LogP contribution in [0, 0.1) is 6.92 Å². The number of ether oxygens (including phenoxy) is 1. The first kappa shape index (κ1) is 19.0. The molecule has 2 aromatic carbocycles. The van der Waals surface area contributed by atoms with Crippen molar-refractivity contribution < 1.29 is 9.53 Å². The number of halogens is 1. The van der Waals surface area contributed by atoms with Gasteiger partial charge in [0.25, 0.3) is 0 Å². The minimum atomic E-state index is 0. The molecule has 1 amide bonds. The second-order valence-corrected chi connectivity index (χ2v) is 5.20. The molecule has 5 heteroatoms. The predicted octanol–water partition coefficient (Wildman–Crippen LogP) is 4.15. The van der Waals surface area contributed by atoms with Crippen LogP contribution in [0.3, 0.4) is 0 Å². The van der Waals surface area contributed by atoms with Gasteiger partial charge in [-0.15, -0.1) is 12.4 Å². The van der Waals surface area contributed by atoms with Crippen molar-refractivity contribution in [2.45, 2.75) is 19.8 Å². The van der Waals surface area contributed by atoms with E-state index < -0.39 is 0 Å². The van der Waals surface area contributed by atoms with Crippen molar-refractivity contribution >= 4 is 24.0 Å². The van der Waals surface area contributed by atoms with Crippen molar-refractivity contribution in [1.82, 2.24) is 5.32 Å². The maximum absolute atomic E-state index is 11.7. The molecule has 0 radical (unpaired) electrons. The van der Waals surface area contributed by atoms with Crippen LogP contribution < -0.4 is 15.4 Å². The van der Waals surface area contributed by atoms with Crippen molar-refractivity contribution in [3.63, 3.8) is 0 Å². The average Bonchev–Trinajstić information content (AvgIpc) is 2.50. The molecule has 0 saturated carbocycles. The van der Waals surface area contributed by atoms with Gasteiger partial charge >= 0.3 is 0 Å². The van der Waals surface area contributed by atoms with Crippen LogP contribution in [0.5, 0.6) is 11.5 Å². The van der Waals surface area contributed by atoms with Crippen LogP contribution in [0.15, 0.2) is 48.5 Å². The number of rotatable bonds is 7. The molecule has 23 heavy (non-hydrogen) atoms. The van der Waals surface area contributed by atoms with E-state index >= 15 is 0 Å². The number of carbonyl (C=O) groups excluding carboxylic acids is 1. The highest BCUT2D eigenvalue weighted by Crippen LogP contribution is 2.23. The third-order valence-corrected chi connectivity index (χ3v) is 3.19. The first-order chi connectivity index (χ1) is 10.7. The second-order valence-electron chi connectivity index (χ2n) is 5.20. The Morgan fingerprint density at radius 1 is 1.09 bits per heavy atom. The zero-order valence-corrected chi connectivity index (χ0v) is 14.3. The van der Waals surface area contributed by atoms with E-state index in [-0.39, 0.29) is 18.3 Å². The molecule has 2 N–H and O–H groups in total. The van der Waals surface area contributed by atoms with Crippen LogP contribution in [-0.2, 0) is 4.79 Å². The van der Waals surface area contributed by atoms with Crippen LogP contribution in [0.25, 0.3) is 0 Å². The Morgan fingerprint density at radius 3 is 2.48 bits per heavy atom. The minimum absolute atomic E-state index is 0. The van der Waals surface area contributed by atoms with E-state index in [1.54, 1.807) is 0 Å². The highest BCUT2D eigenvalue weighted by molar-refractivity contribution is 5.90. The van der Waals surface area contributed by atoms with Crippen molar-refractivity contribution in [2.75, 3.05) is 18.9 Å². The molecular formula is C18H23ClN2O2. The van der Waals surface area contributed by atoms with Gasteiger partial charge in [0.2, 0.25) is 5.91 Å². The zero-order chi connectivity index (χ0) is 15.8. The van der Waals surface area contributed by atoms with Crippen molar-refractivity contribution in [3.05, 3.63) is 54.1 Å². The Labute approximate surface area is 143 Å². The molecular weight excluding hydrogens is 312 g/mol. The predicted molar refractivity (Wildman–Crippen MR) is 96.7 cm³/mol. The van der Waals surface area contributed by atoms with E-state index in [1.165, 1.54) is 0 Å². The molecule has 0 unspecified atom stereocenters. The van der Waals surface area contributed by atoms with Crippen LogP contribution >= 0.6 is 12.4 Å². The first-order valence-corrected chi connectivity index (χ1v) is 7.46. The summed E-state index contributed by atoms with van der Waals surface area (Å²) in [6.07, 6.45) is 1.35. The molecule has 4 nitrogen and oxygen atoms in total. The number of hydrogen-bond donors (Lipinski definition) is 2. The lowest BCUT2D eigenvalue weighted by molar-refractivity contribution is -0.116. The lowest BCUT2D eigenvalue weighted by Crippen LogP contribution is -2.15. The van der Waals surface area contributed by atoms with E-state index in [9.17, 15) is 4.79 Å². The fourth-order valence-electron chi connectivity index (χ4n) is 2.07. The van der Waals surface area contributed by atoms with Crippen molar-refractivity contribution in [1.29, 1.82) is 0 Å². The molecule has 2 rings (SSSR count). The molecule has 0 aliphatic carbocycles. The van der Waals surface area contributed by atoms with Gasteiger partial charge in [0.1, 0.15) is 11.5 Å². The Morgan fingerprint density at radius 2 is 1.83 bits per heavy atom. The van der Waals surface area contributed by atoms with Crippen molar-refractivity contribution in [3.8, 4) is 11.5 Å². The maximum Gasteiger partial charge on any atom is 0.224 e. The molecule has 0 atom stereocenters. The molecule has 0 bridgehead atoms. The van der Waals surface area contributed by atoms with E-state index in [2.05, 4.69) is 10.6 Å². The Kier molecular flexibility index (Phi) is 8.16. The van der Waals surface area contributed by atoms with E-state index in [0.29, 0.717) is 6.42 Å². The first-order valence-electron chi connectivity index (χ1n) is 7.46. The Hall–Kier alpha value is -2.04. The largest absolute Gasteiger partial charge is 0.457 e. The molecule has 0 saturated heterocycles. The summed E-state index contributed by atoms with van der Waals surface area (Å²) < 4.78 is 5.78. The van der Waals surface area contributed by atoms with Gasteiger partial charge in [-0.25, -0.2) is 0 Å². The molecule has 124 valence electrons. The summed E-state index contributed by atoms with van der Waals surface area (Å²) in [6, 6.07) is 15.3. The average molecular weight is 335 g/mol. The smallest absolute Gasteiger partial charge is 0.224 e. The maximum atomic E-state index is 11.7. The van der Waals surface area contributed by atoms with Crippen LogP contribution in [0.4, 0.5) is 5.69 Å². The Balaban J connectivity index is 0.00000264. The highest BCUT2D eigenvalue weighted by atomic mass is 35.5. The highest BCUT2D eigenvalue weighted by Gasteiger charge is 2.03. The van der Waals surface area contributed by atoms with Gasteiger partial charge in [0, 0.05) is 12.1 Å². The summed E-state index contributed by atoms with van der Waals surface area (Å²) in [5.74, 6) is 1.59. The van der Waals surface area contributed by atoms with Gasteiger partial charge < -0.3 is 15.4 Å².